The molecule has 0 saturated carbocycles. The summed E-state index contributed by atoms with van der Waals surface area (Å²) in [6.07, 6.45) is 1.19. The van der Waals surface area contributed by atoms with Gasteiger partial charge in [-0.2, -0.15) is 0 Å². The Balaban J connectivity index is 2.88. The van der Waals surface area contributed by atoms with Crippen molar-refractivity contribution in [1.82, 2.24) is 4.90 Å². The smallest absolute Gasteiger partial charge is 0.123 e. The summed E-state index contributed by atoms with van der Waals surface area (Å²) in [5.41, 5.74) is 1.28. The van der Waals surface area contributed by atoms with Gasteiger partial charge in [-0.15, -0.1) is 0 Å². The molecule has 0 aromatic heterocycles. The number of ether oxygens (including phenoxy) is 1. The molecule has 0 heterocycles. The average Bonchev–Trinajstić information content (AvgIpc) is 2.35. The van der Waals surface area contributed by atoms with E-state index in [-0.39, 0.29) is 0 Å². The predicted octanol–water partition coefficient (Wildman–Crippen LogP) is 3.49. The Labute approximate surface area is 99.2 Å². The molecule has 2 nitrogen and oxygen atoms in total. The van der Waals surface area contributed by atoms with Gasteiger partial charge in [0, 0.05) is 11.6 Å². The molecule has 0 aliphatic rings. The Hall–Kier alpha value is -1.02. The zero-order chi connectivity index (χ0) is 12.0. The topological polar surface area (TPSA) is 12.5 Å². The Morgan fingerprint density at radius 3 is 2.50 bits per heavy atom. The fourth-order valence-electron chi connectivity index (χ4n) is 2.12. The van der Waals surface area contributed by atoms with Gasteiger partial charge < -0.3 is 4.74 Å². The monoisotopic (exact) mass is 221 g/mol. The molecule has 0 aliphatic carbocycles. The molecule has 0 spiro atoms. The normalized spacial score (nSPS) is 12.8. The van der Waals surface area contributed by atoms with Crippen molar-refractivity contribution in [2.24, 2.45) is 0 Å². The third-order valence-corrected chi connectivity index (χ3v) is 3.05. The number of hydrogen-bond acceptors (Lipinski definition) is 2. The number of nitrogens with zero attached hydrogens (tertiary/aromatic N) is 1. The van der Waals surface area contributed by atoms with E-state index in [4.69, 9.17) is 4.74 Å². The van der Waals surface area contributed by atoms with Gasteiger partial charge in [0.1, 0.15) is 5.75 Å². The number of para-hydroxylation sites is 1. The zero-order valence-corrected chi connectivity index (χ0v) is 10.9. The Morgan fingerprint density at radius 2 is 1.94 bits per heavy atom. The second-order valence-electron chi connectivity index (χ2n) is 4.05. The van der Waals surface area contributed by atoms with Crippen molar-refractivity contribution in [2.75, 3.05) is 20.2 Å². The minimum absolute atomic E-state index is 0.418. The van der Waals surface area contributed by atoms with Crippen LogP contribution >= 0.6 is 0 Å². The van der Waals surface area contributed by atoms with Crippen LogP contribution in [0.1, 0.15) is 38.8 Å². The molecule has 1 rings (SSSR count). The molecule has 2 heteroatoms. The van der Waals surface area contributed by atoms with Crippen molar-refractivity contribution in [3.63, 3.8) is 0 Å². The van der Waals surface area contributed by atoms with E-state index in [1.54, 1.807) is 7.11 Å². The maximum atomic E-state index is 5.41. The van der Waals surface area contributed by atoms with Crippen LogP contribution < -0.4 is 4.74 Å². The lowest BCUT2D eigenvalue weighted by atomic mass is 10.1. The van der Waals surface area contributed by atoms with Crippen molar-refractivity contribution in [2.45, 2.75) is 33.2 Å². The van der Waals surface area contributed by atoms with E-state index in [0.29, 0.717) is 6.04 Å². The van der Waals surface area contributed by atoms with E-state index in [1.807, 2.05) is 12.1 Å². The van der Waals surface area contributed by atoms with Crippen LogP contribution in [0.4, 0.5) is 0 Å². The summed E-state index contributed by atoms with van der Waals surface area (Å²) in [6, 6.07) is 8.70. The van der Waals surface area contributed by atoms with Gasteiger partial charge >= 0.3 is 0 Å². The molecule has 90 valence electrons. The summed E-state index contributed by atoms with van der Waals surface area (Å²) < 4.78 is 5.41. The second-order valence-corrected chi connectivity index (χ2v) is 4.05. The second kappa shape index (κ2) is 6.54. The SMILES string of the molecule is CCCN(CC)[C@@H](C)c1ccccc1OC. The summed E-state index contributed by atoms with van der Waals surface area (Å²) in [7, 11) is 1.74. The van der Waals surface area contributed by atoms with Gasteiger partial charge in [-0.3, -0.25) is 4.90 Å². The quantitative estimate of drug-likeness (QED) is 0.729. The lowest BCUT2D eigenvalue weighted by molar-refractivity contribution is 0.218. The van der Waals surface area contributed by atoms with E-state index in [1.165, 1.54) is 12.0 Å². The van der Waals surface area contributed by atoms with Gasteiger partial charge in [-0.1, -0.05) is 32.0 Å². The fourth-order valence-corrected chi connectivity index (χ4v) is 2.12. The molecule has 0 fully saturated rings. The molecule has 0 radical (unpaired) electrons. The zero-order valence-electron chi connectivity index (χ0n) is 10.9. The van der Waals surface area contributed by atoms with Crippen LogP contribution in [-0.2, 0) is 0 Å². The molecular formula is C14H23NO. The third-order valence-electron chi connectivity index (χ3n) is 3.05. The van der Waals surface area contributed by atoms with E-state index < -0.39 is 0 Å². The Bertz CT molecular complexity index is 311. The first-order valence-corrected chi connectivity index (χ1v) is 6.11. The van der Waals surface area contributed by atoms with Crippen LogP contribution in [0, 0.1) is 0 Å². The molecule has 0 saturated heterocycles. The number of methoxy groups -OCH3 is 1. The Morgan fingerprint density at radius 1 is 1.25 bits per heavy atom. The molecule has 0 bridgehead atoms. The number of rotatable bonds is 6. The lowest BCUT2D eigenvalue weighted by Gasteiger charge is -2.28. The number of benzene rings is 1. The molecule has 0 aliphatic heterocycles. The van der Waals surface area contributed by atoms with Crippen LogP contribution in [0.3, 0.4) is 0 Å². The van der Waals surface area contributed by atoms with Crippen LogP contribution in [0.2, 0.25) is 0 Å². The maximum Gasteiger partial charge on any atom is 0.123 e. The molecule has 1 atom stereocenters. The summed E-state index contributed by atoms with van der Waals surface area (Å²) in [6.45, 7) is 8.89. The molecule has 1 aromatic rings. The van der Waals surface area contributed by atoms with Crippen molar-refractivity contribution < 1.29 is 4.74 Å². The van der Waals surface area contributed by atoms with Crippen molar-refractivity contribution in [1.29, 1.82) is 0 Å². The van der Waals surface area contributed by atoms with E-state index in [2.05, 4.69) is 37.8 Å². The highest BCUT2D eigenvalue weighted by Gasteiger charge is 2.16. The van der Waals surface area contributed by atoms with Crippen molar-refractivity contribution >= 4 is 0 Å². The summed E-state index contributed by atoms with van der Waals surface area (Å²) >= 11 is 0. The van der Waals surface area contributed by atoms with Crippen LogP contribution in [-0.4, -0.2) is 25.1 Å². The first kappa shape index (κ1) is 13.0. The highest BCUT2D eigenvalue weighted by molar-refractivity contribution is 5.35. The maximum absolute atomic E-state index is 5.41. The van der Waals surface area contributed by atoms with Gasteiger partial charge in [-0.25, -0.2) is 0 Å². The Kier molecular flexibility index (Phi) is 5.33. The van der Waals surface area contributed by atoms with Crippen molar-refractivity contribution in [3.05, 3.63) is 29.8 Å². The first-order chi connectivity index (χ1) is 7.74. The van der Waals surface area contributed by atoms with Crippen LogP contribution in [0.15, 0.2) is 24.3 Å². The highest BCUT2D eigenvalue weighted by atomic mass is 16.5. The van der Waals surface area contributed by atoms with Crippen LogP contribution in [0.5, 0.6) is 5.75 Å². The largest absolute Gasteiger partial charge is 0.496 e. The molecule has 0 unspecified atom stereocenters. The minimum Gasteiger partial charge on any atom is -0.496 e. The standard InChI is InChI=1S/C14H23NO/c1-5-11-15(6-2)12(3)13-9-7-8-10-14(13)16-4/h7-10,12H,5-6,11H2,1-4H3/t12-/m0/s1. The molecular weight excluding hydrogens is 198 g/mol. The minimum atomic E-state index is 0.418. The third kappa shape index (κ3) is 2.99. The molecule has 16 heavy (non-hydrogen) atoms. The summed E-state index contributed by atoms with van der Waals surface area (Å²) in [5, 5.41) is 0. The van der Waals surface area contributed by atoms with E-state index in [0.717, 1.165) is 18.8 Å². The first-order valence-electron chi connectivity index (χ1n) is 6.11. The van der Waals surface area contributed by atoms with Gasteiger partial charge in [0.15, 0.2) is 0 Å². The fraction of sp³-hybridized carbons (Fsp3) is 0.571. The molecule has 0 amide bonds. The van der Waals surface area contributed by atoms with Crippen LogP contribution in [0.25, 0.3) is 0 Å². The predicted molar refractivity (Wildman–Crippen MR) is 68.9 cm³/mol. The average molecular weight is 221 g/mol. The summed E-state index contributed by atoms with van der Waals surface area (Å²) in [5.74, 6) is 0.990. The van der Waals surface area contributed by atoms with Gasteiger partial charge in [-0.05, 0) is 32.5 Å². The van der Waals surface area contributed by atoms with Crippen molar-refractivity contribution in [3.8, 4) is 5.75 Å². The summed E-state index contributed by atoms with van der Waals surface area (Å²) in [4.78, 5) is 2.47. The van der Waals surface area contributed by atoms with Gasteiger partial charge in [0.25, 0.3) is 0 Å². The highest BCUT2D eigenvalue weighted by Crippen LogP contribution is 2.28. The number of hydrogen-bond donors (Lipinski definition) is 0. The van der Waals surface area contributed by atoms with Gasteiger partial charge in [0.2, 0.25) is 0 Å². The van der Waals surface area contributed by atoms with E-state index in [9.17, 15) is 0 Å². The molecule has 1 aromatic carbocycles. The lowest BCUT2D eigenvalue weighted by Crippen LogP contribution is -2.27. The van der Waals surface area contributed by atoms with Gasteiger partial charge in [0.05, 0.1) is 7.11 Å². The van der Waals surface area contributed by atoms with E-state index >= 15 is 0 Å². The molecule has 0 N–H and O–H groups in total.